The van der Waals surface area contributed by atoms with Gasteiger partial charge in [0.05, 0.1) is 32.4 Å². The molecule has 0 aliphatic rings. The van der Waals surface area contributed by atoms with Crippen LogP contribution in [0.1, 0.15) is 65.7 Å². The Bertz CT molecular complexity index is 544. The average Bonchev–Trinajstić information content (AvgIpc) is 2.77. The molecule has 0 atom stereocenters. The van der Waals surface area contributed by atoms with Crippen LogP contribution in [-0.4, -0.2) is 59.9 Å². The van der Waals surface area contributed by atoms with Crippen LogP contribution >= 0.6 is 7.26 Å². The van der Waals surface area contributed by atoms with Gasteiger partial charge in [0.15, 0.2) is 5.75 Å². The van der Waals surface area contributed by atoms with Crippen LogP contribution in [-0.2, 0) is 9.47 Å². The van der Waals surface area contributed by atoms with Gasteiger partial charge in [0.2, 0.25) is 0 Å². The van der Waals surface area contributed by atoms with E-state index in [-0.39, 0.29) is 5.91 Å². The first-order chi connectivity index (χ1) is 14.6. The lowest BCUT2D eigenvalue weighted by molar-refractivity contribution is -0.0441. The summed E-state index contributed by atoms with van der Waals surface area (Å²) in [7, 11) is 2.62. The molecule has 172 valence electrons. The molecular formula is C24H44O4PSi+. The van der Waals surface area contributed by atoms with Crippen molar-refractivity contribution >= 4 is 22.1 Å². The summed E-state index contributed by atoms with van der Waals surface area (Å²) in [6, 6.07) is 6.83. The molecule has 1 rings (SSSR count). The minimum atomic E-state index is -1.37. The van der Waals surface area contributed by atoms with Crippen LogP contribution in [0.5, 0.6) is 11.5 Å². The maximum Gasteiger partial charge on any atom is 0.161 e. The highest BCUT2D eigenvalue weighted by Crippen LogP contribution is 2.61. The molecule has 6 heteroatoms. The summed E-state index contributed by atoms with van der Waals surface area (Å²) in [5.74, 6) is 1.27. The van der Waals surface area contributed by atoms with E-state index in [1.807, 2.05) is 12.1 Å². The van der Waals surface area contributed by atoms with Gasteiger partial charge in [-0.2, -0.15) is 0 Å². The number of unbranched alkanes of at least 4 members (excludes halogenated alkanes) is 3. The third-order valence-electron chi connectivity index (χ3n) is 5.59. The summed E-state index contributed by atoms with van der Waals surface area (Å²) in [5.41, 5.74) is 0. The molecule has 0 fully saturated rings. The minimum absolute atomic E-state index is 0.107. The normalized spacial score (nSPS) is 11.9. The van der Waals surface area contributed by atoms with Crippen molar-refractivity contribution in [2.45, 2.75) is 77.7 Å². The number of methoxy groups -OCH3 is 2. The summed E-state index contributed by atoms with van der Waals surface area (Å²) in [4.78, 5) is 0. The van der Waals surface area contributed by atoms with Crippen molar-refractivity contribution in [1.29, 1.82) is 0 Å². The molecule has 4 nitrogen and oxygen atoms in total. The van der Waals surface area contributed by atoms with Crippen LogP contribution in [0.4, 0.5) is 0 Å². The molecule has 0 aromatic heterocycles. The van der Waals surface area contributed by atoms with Crippen molar-refractivity contribution in [2.75, 3.05) is 39.3 Å². The summed E-state index contributed by atoms with van der Waals surface area (Å²) in [5, 5.41) is 11.7. The van der Waals surface area contributed by atoms with Gasteiger partial charge in [0.25, 0.3) is 0 Å². The number of hydrogen-bond acceptors (Lipinski definition) is 4. The van der Waals surface area contributed by atoms with Gasteiger partial charge in [-0.3, -0.25) is 0 Å². The Balaban J connectivity index is 3.00. The Kier molecular flexibility index (Phi) is 14.7. The lowest BCUT2D eigenvalue weighted by Crippen LogP contribution is -2.24. The number of hydrogen-bond donors (Lipinski definition) is 1. The van der Waals surface area contributed by atoms with E-state index in [9.17, 15) is 5.11 Å². The maximum atomic E-state index is 10.3. The lowest BCUT2D eigenvalue weighted by atomic mass is 10.3. The highest BCUT2D eigenvalue weighted by molar-refractivity contribution is 7.83. The number of benzene rings is 1. The predicted molar refractivity (Wildman–Crippen MR) is 132 cm³/mol. The molecule has 0 aliphatic carbocycles. The third-order valence-corrected chi connectivity index (χ3v) is 11.9. The van der Waals surface area contributed by atoms with E-state index >= 15 is 0 Å². The summed E-state index contributed by atoms with van der Waals surface area (Å²) in [6.07, 6.45) is 12.2. The van der Waals surface area contributed by atoms with Gasteiger partial charge in [0, 0.05) is 20.3 Å². The predicted octanol–water partition coefficient (Wildman–Crippen LogP) is 5.90. The smallest absolute Gasteiger partial charge is 0.161 e. The van der Waals surface area contributed by atoms with Crippen LogP contribution in [0.25, 0.3) is 0 Å². The largest absolute Gasteiger partial charge is 0.508 e. The van der Waals surface area contributed by atoms with Crippen molar-refractivity contribution in [2.24, 2.45) is 0 Å². The molecule has 0 unspecified atom stereocenters. The monoisotopic (exact) mass is 455 g/mol. The fraction of sp³-hybridized carbons (Fsp3) is 0.750. The van der Waals surface area contributed by atoms with Crippen LogP contribution in [0, 0.1) is 0 Å². The van der Waals surface area contributed by atoms with Gasteiger partial charge in [-0.15, -0.1) is 0 Å². The second kappa shape index (κ2) is 16.1. The molecular weight excluding hydrogens is 411 g/mol. The van der Waals surface area contributed by atoms with E-state index in [4.69, 9.17) is 14.2 Å². The van der Waals surface area contributed by atoms with Crippen molar-refractivity contribution in [3.05, 3.63) is 18.2 Å². The van der Waals surface area contributed by atoms with Gasteiger partial charge >= 0.3 is 0 Å². The molecule has 0 amide bonds. The lowest BCUT2D eigenvalue weighted by Gasteiger charge is -2.29. The Hall–Kier alpha value is -0.613. The van der Waals surface area contributed by atoms with Gasteiger partial charge in [-0.05, 0) is 37.8 Å². The van der Waals surface area contributed by atoms with Crippen LogP contribution in [0.15, 0.2) is 18.2 Å². The SMILES string of the molecule is CCCC[P+](CCCC)(CCCC)c1cc(O)ccc1OCCC[Si]C(OC)OC. The standard InChI is InChI=1S/C24H43O4PSi/c1-6-9-16-29(17-10-7-2,18-11-8-3)23-20-21(25)13-14-22(23)28-15-12-19-30-24(26-4)27-5/h13-14,20,24H,6-12,15-19H2,1-5H3/p+1. The molecule has 0 saturated carbocycles. The summed E-state index contributed by atoms with van der Waals surface area (Å²) < 4.78 is 16.9. The Morgan fingerprint density at radius 3 is 1.97 bits per heavy atom. The van der Waals surface area contributed by atoms with E-state index in [0.29, 0.717) is 21.9 Å². The first-order valence-corrected chi connectivity index (χ1v) is 15.3. The molecule has 1 N–H and O–H groups in total. The van der Waals surface area contributed by atoms with E-state index in [1.165, 1.54) is 62.3 Å². The van der Waals surface area contributed by atoms with E-state index < -0.39 is 7.26 Å². The highest BCUT2D eigenvalue weighted by atomic mass is 31.2. The molecule has 0 bridgehead atoms. The van der Waals surface area contributed by atoms with Crippen LogP contribution < -0.4 is 10.0 Å². The van der Waals surface area contributed by atoms with Crippen molar-refractivity contribution in [3.8, 4) is 11.5 Å². The van der Waals surface area contributed by atoms with Gasteiger partial charge in [0.1, 0.15) is 26.5 Å². The molecule has 1 aromatic rings. The molecule has 2 radical (unpaired) electrons. The Morgan fingerprint density at radius 2 is 1.47 bits per heavy atom. The minimum Gasteiger partial charge on any atom is -0.508 e. The van der Waals surface area contributed by atoms with Crippen molar-refractivity contribution in [1.82, 2.24) is 0 Å². The Morgan fingerprint density at radius 1 is 0.900 bits per heavy atom. The molecule has 0 aliphatic heterocycles. The topological polar surface area (TPSA) is 47.9 Å². The zero-order chi connectivity index (χ0) is 22.2. The fourth-order valence-electron chi connectivity index (χ4n) is 3.81. The average molecular weight is 456 g/mol. The summed E-state index contributed by atoms with van der Waals surface area (Å²) in [6.45, 7) is 7.53. The molecule has 30 heavy (non-hydrogen) atoms. The second-order valence-electron chi connectivity index (χ2n) is 7.99. The molecule has 0 saturated heterocycles. The quantitative estimate of drug-likeness (QED) is 0.129. The van der Waals surface area contributed by atoms with E-state index in [2.05, 4.69) is 20.8 Å². The molecule has 0 spiro atoms. The molecule has 0 heterocycles. The number of phenolic OH excluding ortho intramolecular Hbond substituents is 1. The fourth-order valence-corrected chi connectivity index (χ4v) is 9.90. The van der Waals surface area contributed by atoms with Gasteiger partial charge in [-0.25, -0.2) is 0 Å². The zero-order valence-electron chi connectivity index (χ0n) is 19.9. The summed E-state index contributed by atoms with van der Waals surface area (Å²) >= 11 is 0. The number of rotatable bonds is 18. The first kappa shape index (κ1) is 27.4. The zero-order valence-corrected chi connectivity index (χ0v) is 21.8. The number of ether oxygens (including phenoxy) is 3. The molecule has 1 aromatic carbocycles. The highest BCUT2D eigenvalue weighted by Gasteiger charge is 2.41. The third kappa shape index (κ3) is 9.26. The Labute approximate surface area is 188 Å². The number of aromatic hydroxyl groups is 1. The van der Waals surface area contributed by atoms with Gasteiger partial charge < -0.3 is 19.3 Å². The first-order valence-electron chi connectivity index (χ1n) is 11.7. The maximum absolute atomic E-state index is 10.3. The van der Waals surface area contributed by atoms with E-state index in [0.717, 1.165) is 18.2 Å². The van der Waals surface area contributed by atoms with Crippen LogP contribution in [0.3, 0.4) is 0 Å². The van der Waals surface area contributed by atoms with E-state index in [1.54, 1.807) is 20.3 Å². The van der Waals surface area contributed by atoms with Crippen molar-refractivity contribution < 1.29 is 19.3 Å². The van der Waals surface area contributed by atoms with Gasteiger partial charge in [-0.1, -0.05) is 46.1 Å². The number of phenols is 1. The van der Waals surface area contributed by atoms with Crippen molar-refractivity contribution in [3.63, 3.8) is 0 Å². The second-order valence-corrected chi connectivity index (χ2v) is 13.5. The van der Waals surface area contributed by atoms with Crippen LogP contribution in [0.2, 0.25) is 6.04 Å².